The number of hydrogen-bond donors (Lipinski definition) is 2. The van der Waals surface area contributed by atoms with E-state index in [9.17, 15) is 9.59 Å². The van der Waals surface area contributed by atoms with Crippen molar-refractivity contribution in [2.24, 2.45) is 0 Å². The zero-order valence-corrected chi connectivity index (χ0v) is 15.9. The maximum absolute atomic E-state index is 12.3. The molecular weight excluding hydrogens is 374 g/mol. The van der Waals surface area contributed by atoms with Crippen LogP contribution in [0.15, 0.2) is 28.7 Å². The summed E-state index contributed by atoms with van der Waals surface area (Å²) in [4.78, 5) is 25.8. The van der Waals surface area contributed by atoms with Crippen LogP contribution in [0.5, 0.6) is 0 Å². The zero-order chi connectivity index (χ0) is 17.7. The Morgan fingerprint density at radius 3 is 2.29 bits per heavy atom. The van der Waals surface area contributed by atoms with E-state index in [1.807, 2.05) is 45.0 Å². The molecule has 0 unspecified atom stereocenters. The topological polar surface area (TPSA) is 70.7 Å². The molecule has 24 heavy (non-hydrogen) atoms. The second-order valence-corrected chi connectivity index (χ2v) is 7.76. The lowest BCUT2D eigenvalue weighted by Gasteiger charge is -2.32. The normalized spacial score (nSPS) is 15.8. The molecule has 0 radical (unpaired) electrons. The Morgan fingerprint density at radius 1 is 1.17 bits per heavy atom. The molecule has 1 aromatic rings. The number of likely N-dealkylation sites (tertiary alicyclic amines) is 1. The van der Waals surface area contributed by atoms with Crippen molar-refractivity contribution < 1.29 is 14.3 Å². The Balaban J connectivity index is 1.76. The highest BCUT2D eigenvalue weighted by molar-refractivity contribution is 9.10. The van der Waals surface area contributed by atoms with Crippen LogP contribution in [0.2, 0.25) is 0 Å². The number of rotatable bonds is 2. The van der Waals surface area contributed by atoms with Gasteiger partial charge in [-0.3, -0.25) is 0 Å². The summed E-state index contributed by atoms with van der Waals surface area (Å²) in [6.45, 7) is 6.70. The zero-order valence-electron chi connectivity index (χ0n) is 14.3. The molecule has 7 heteroatoms. The van der Waals surface area contributed by atoms with Crippen molar-refractivity contribution in [3.8, 4) is 0 Å². The summed E-state index contributed by atoms with van der Waals surface area (Å²) >= 11 is 3.36. The van der Waals surface area contributed by atoms with Crippen LogP contribution in [0.1, 0.15) is 33.6 Å². The first-order chi connectivity index (χ1) is 11.2. The number of urea groups is 1. The van der Waals surface area contributed by atoms with Gasteiger partial charge in [0.15, 0.2) is 0 Å². The van der Waals surface area contributed by atoms with Crippen molar-refractivity contribution in [3.05, 3.63) is 28.7 Å². The maximum atomic E-state index is 12.3. The van der Waals surface area contributed by atoms with Crippen molar-refractivity contribution in [2.45, 2.75) is 45.3 Å². The van der Waals surface area contributed by atoms with E-state index in [1.165, 1.54) is 0 Å². The summed E-state index contributed by atoms with van der Waals surface area (Å²) in [5.41, 5.74) is 0.257. The van der Waals surface area contributed by atoms with Crippen molar-refractivity contribution in [3.63, 3.8) is 0 Å². The number of benzene rings is 1. The van der Waals surface area contributed by atoms with Gasteiger partial charge in [-0.05, 0) is 57.9 Å². The van der Waals surface area contributed by atoms with E-state index in [-0.39, 0.29) is 12.1 Å². The third kappa shape index (κ3) is 6.03. The van der Waals surface area contributed by atoms with Gasteiger partial charge in [0.25, 0.3) is 0 Å². The molecule has 0 spiro atoms. The molecule has 0 aromatic heterocycles. The average Bonchev–Trinajstić information content (AvgIpc) is 2.48. The Bertz CT molecular complexity index is 576. The smallest absolute Gasteiger partial charge is 0.407 e. The minimum Gasteiger partial charge on any atom is -0.444 e. The first kappa shape index (κ1) is 18.6. The molecule has 2 rings (SSSR count). The Hall–Kier alpha value is -1.76. The third-order valence-corrected chi connectivity index (χ3v) is 4.13. The molecule has 1 heterocycles. The first-order valence-corrected chi connectivity index (χ1v) is 8.83. The lowest BCUT2D eigenvalue weighted by molar-refractivity contribution is 0.0486. The van der Waals surface area contributed by atoms with Gasteiger partial charge in [-0.1, -0.05) is 15.9 Å². The van der Waals surface area contributed by atoms with E-state index in [1.54, 1.807) is 4.90 Å². The lowest BCUT2D eigenvalue weighted by atomic mass is 10.1. The van der Waals surface area contributed by atoms with E-state index >= 15 is 0 Å². The van der Waals surface area contributed by atoms with Crippen LogP contribution in [-0.4, -0.2) is 41.8 Å². The van der Waals surface area contributed by atoms with E-state index in [0.717, 1.165) is 10.2 Å². The molecule has 1 aliphatic rings. The molecule has 132 valence electrons. The quantitative estimate of drug-likeness (QED) is 0.792. The van der Waals surface area contributed by atoms with Crippen LogP contribution in [0.4, 0.5) is 15.3 Å². The second kappa shape index (κ2) is 7.88. The van der Waals surface area contributed by atoms with Crippen LogP contribution in [-0.2, 0) is 4.74 Å². The van der Waals surface area contributed by atoms with Gasteiger partial charge in [-0.25, -0.2) is 9.59 Å². The molecule has 3 amide bonds. The number of nitrogens with one attached hydrogen (secondary N) is 2. The highest BCUT2D eigenvalue weighted by Crippen LogP contribution is 2.17. The van der Waals surface area contributed by atoms with Gasteiger partial charge in [0.1, 0.15) is 5.60 Å². The summed E-state index contributed by atoms with van der Waals surface area (Å²) in [5.74, 6) is 0. The minimum absolute atomic E-state index is 0.0385. The molecule has 0 aliphatic carbocycles. The predicted octanol–water partition coefficient (Wildman–Crippen LogP) is 3.97. The van der Waals surface area contributed by atoms with Crippen LogP contribution in [0.25, 0.3) is 0 Å². The Kier molecular flexibility index (Phi) is 6.10. The van der Waals surface area contributed by atoms with Gasteiger partial charge in [0.05, 0.1) is 0 Å². The fourth-order valence-corrected chi connectivity index (χ4v) is 2.70. The van der Waals surface area contributed by atoms with Crippen molar-refractivity contribution in [1.82, 2.24) is 10.2 Å². The number of carbonyl (C=O) groups excluding carboxylic acids is 2. The fraction of sp³-hybridized carbons (Fsp3) is 0.529. The molecule has 0 atom stereocenters. The van der Waals surface area contributed by atoms with E-state index in [4.69, 9.17) is 4.74 Å². The van der Waals surface area contributed by atoms with Crippen molar-refractivity contribution in [1.29, 1.82) is 0 Å². The molecule has 0 bridgehead atoms. The van der Waals surface area contributed by atoms with Gasteiger partial charge < -0.3 is 20.3 Å². The Labute approximate surface area is 151 Å². The summed E-state index contributed by atoms with van der Waals surface area (Å²) in [7, 11) is 0. The highest BCUT2D eigenvalue weighted by atomic mass is 79.9. The number of hydrogen-bond acceptors (Lipinski definition) is 3. The number of halogens is 1. The number of nitrogens with zero attached hydrogens (tertiary/aromatic N) is 1. The number of ether oxygens (including phenoxy) is 1. The molecule has 1 fully saturated rings. The summed E-state index contributed by atoms with van der Waals surface area (Å²) in [6, 6.07) is 7.38. The van der Waals surface area contributed by atoms with E-state index in [0.29, 0.717) is 25.9 Å². The van der Waals surface area contributed by atoms with Gasteiger partial charge in [-0.2, -0.15) is 0 Å². The monoisotopic (exact) mass is 397 g/mol. The number of anilines is 1. The third-order valence-electron chi connectivity index (χ3n) is 3.60. The Morgan fingerprint density at radius 2 is 1.75 bits per heavy atom. The largest absolute Gasteiger partial charge is 0.444 e. The molecule has 0 saturated carbocycles. The molecule has 2 N–H and O–H groups in total. The van der Waals surface area contributed by atoms with E-state index in [2.05, 4.69) is 26.6 Å². The number of piperidine rings is 1. The van der Waals surface area contributed by atoms with Crippen molar-refractivity contribution in [2.75, 3.05) is 18.4 Å². The van der Waals surface area contributed by atoms with Crippen LogP contribution >= 0.6 is 15.9 Å². The van der Waals surface area contributed by atoms with Crippen LogP contribution < -0.4 is 10.6 Å². The minimum atomic E-state index is -0.505. The predicted molar refractivity (Wildman–Crippen MR) is 97.1 cm³/mol. The molecule has 1 saturated heterocycles. The summed E-state index contributed by atoms with van der Waals surface area (Å²) in [6.07, 6.45) is 1.03. The van der Waals surface area contributed by atoms with Crippen molar-refractivity contribution >= 4 is 33.7 Å². The molecule has 6 nitrogen and oxygen atoms in total. The maximum Gasteiger partial charge on any atom is 0.407 e. The highest BCUT2D eigenvalue weighted by Gasteiger charge is 2.25. The van der Waals surface area contributed by atoms with Gasteiger partial charge in [0, 0.05) is 29.3 Å². The molecule has 1 aromatic carbocycles. The first-order valence-electron chi connectivity index (χ1n) is 8.04. The SMILES string of the molecule is CC(C)(C)OC(=O)NC1CCN(C(=O)Nc2ccc(Br)cc2)CC1. The summed E-state index contributed by atoms with van der Waals surface area (Å²) < 4.78 is 6.22. The average molecular weight is 398 g/mol. The standard InChI is InChI=1S/C17H24BrN3O3/c1-17(2,3)24-16(23)20-14-8-10-21(11-9-14)15(22)19-13-6-4-12(18)5-7-13/h4-7,14H,8-11H2,1-3H3,(H,19,22)(H,20,23). The van der Waals surface area contributed by atoms with Crippen LogP contribution in [0.3, 0.4) is 0 Å². The molecule has 1 aliphatic heterocycles. The van der Waals surface area contributed by atoms with Gasteiger partial charge in [0.2, 0.25) is 0 Å². The number of alkyl carbamates (subject to hydrolysis) is 1. The molecular formula is C17H24BrN3O3. The lowest BCUT2D eigenvalue weighted by Crippen LogP contribution is -2.48. The second-order valence-electron chi connectivity index (χ2n) is 6.84. The number of carbonyl (C=O) groups is 2. The van der Waals surface area contributed by atoms with Gasteiger partial charge >= 0.3 is 12.1 Å². The fourth-order valence-electron chi connectivity index (χ4n) is 2.44. The number of amides is 3. The van der Waals surface area contributed by atoms with Crippen LogP contribution in [0, 0.1) is 0 Å². The van der Waals surface area contributed by atoms with E-state index < -0.39 is 11.7 Å². The van der Waals surface area contributed by atoms with Gasteiger partial charge in [-0.15, -0.1) is 0 Å². The summed E-state index contributed by atoms with van der Waals surface area (Å²) in [5, 5.41) is 5.75.